The smallest absolute Gasteiger partial charge is 0.238 e. The normalized spacial score (nSPS) is 10.7. The predicted octanol–water partition coefficient (Wildman–Crippen LogP) is 1.99. The van der Waals surface area contributed by atoms with Crippen LogP contribution in [0.15, 0.2) is 18.2 Å². The molecule has 1 aromatic rings. The maximum Gasteiger partial charge on any atom is 0.238 e. The highest BCUT2D eigenvalue weighted by Crippen LogP contribution is 2.27. The van der Waals surface area contributed by atoms with Crippen LogP contribution in [0.5, 0.6) is 5.75 Å². The molecule has 0 unspecified atom stereocenters. The highest BCUT2D eigenvalue weighted by Gasteiger charge is 2.10. The van der Waals surface area contributed by atoms with Crippen LogP contribution in [0.3, 0.4) is 0 Å². The number of carbonyl (C=O) groups excluding carboxylic acids is 1. The number of likely N-dealkylation sites (N-methyl/N-ethyl adjacent to an activating group) is 1. The Labute approximate surface area is 124 Å². The van der Waals surface area contributed by atoms with E-state index in [2.05, 4.69) is 5.32 Å². The van der Waals surface area contributed by atoms with Gasteiger partial charge in [0.05, 0.1) is 19.3 Å². The molecule has 0 aliphatic rings. The summed E-state index contributed by atoms with van der Waals surface area (Å²) in [5.41, 5.74) is 0.564. The van der Waals surface area contributed by atoms with Crippen LogP contribution < -0.4 is 10.1 Å². The molecule has 6 heteroatoms. The molecule has 1 aromatic carbocycles. The Kier molecular flexibility index (Phi) is 7.36. The van der Waals surface area contributed by atoms with Crippen molar-refractivity contribution in [1.29, 1.82) is 0 Å². The second kappa shape index (κ2) is 8.79. The van der Waals surface area contributed by atoms with E-state index in [0.29, 0.717) is 16.5 Å². The van der Waals surface area contributed by atoms with Crippen molar-refractivity contribution in [3.8, 4) is 5.75 Å². The third-order valence-electron chi connectivity index (χ3n) is 2.80. The zero-order valence-corrected chi connectivity index (χ0v) is 12.6. The molecule has 0 aromatic heterocycles. The molecule has 0 spiro atoms. The fourth-order valence-electron chi connectivity index (χ4n) is 1.79. The first kappa shape index (κ1) is 16.8. The molecule has 0 aliphatic heterocycles. The lowest BCUT2D eigenvalue weighted by Crippen LogP contribution is -2.31. The Hall–Kier alpha value is -1.30. The van der Waals surface area contributed by atoms with Crippen molar-refractivity contribution in [3.63, 3.8) is 0 Å². The Balaban J connectivity index is 2.51. The number of amides is 1. The van der Waals surface area contributed by atoms with Crippen molar-refractivity contribution in [1.82, 2.24) is 4.90 Å². The number of aliphatic hydroxyl groups excluding tert-OH is 1. The summed E-state index contributed by atoms with van der Waals surface area (Å²) in [6.45, 7) is 1.22. The van der Waals surface area contributed by atoms with Crippen LogP contribution in [0.2, 0.25) is 5.02 Å². The third kappa shape index (κ3) is 5.77. The van der Waals surface area contributed by atoms with Gasteiger partial charge in [0, 0.05) is 11.6 Å². The van der Waals surface area contributed by atoms with Crippen molar-refractivity contribution < 1.29 is 14.6 Å². The molecule has 2 N–H and O–H groups in total. The van der Waals surface area contributed by atoms with Crippen molar-refractivity contribution in [3.05, 3.63) is 23.2 Å². The maximum atomic E-state index is 11.9. The van der Waals surface area contributed by atoms with Gasteiger partial charge in [0.15, 0.2) is 0 Å². The second-order valence-corrected chi connectivity index (χ2v) is 5.00. The van der Waals surface area contributed by atoms with Gasteiger partial charge in [0.25, 0.3) is 0 Å². The number of methoxy groups -OCH3 is 1. The molecule has 0 radical (unpaired) electrons. The number of rotatable bonds is 8. The lowest BCUT2D eigenvalue weighted by Gasteiger charge is -2.16. The van der Waals surface area contributed by atoms with Crippen molar-refractivity contribution in [2.75, 3.05) is 39.2 Å². The number of ether oxygens (including phenoxy) is 1. The molecule has 5 nitrogen and oxygen atoms in total. The molecule has 1 rings (SSSR count). The summed E-state index contributed by atoms with van der Waals surface area (Å²) in [6, 6.07) is 5.07. The number of aliphatic hydroxyl groups is 1. The highest BCUT2D eigenvalue weighted by molar-refractivity contribution is 6.31. The summed E-state index contributed by atoms with van der Waals surface area (Å²) in [6.07, 6.45) is 1.61. The van der Waals surface area contributed by atoms with Gasteiger partial charge in [0.2, 0.25) is 5.91 Å². The van der Waals surface area contributed by atoms with Crippen LogP contribution in [0.4, 0.5) is 5.69 Å². The lowest BCUT2D eigenvalue weighted by atomic mass is 10.3. The van der Waals surface area contributed by atoms with Gasteiger partial charge >= 0.3 is 0 Å². The van der Waals surface area contributed by atoms with Crippen LogP contribution >= 0.6 is 11.6 Å². The Bertz CT molecular complexity index is 440. The van der Waals surface area contributed by atoms with E-state index in [4.69, 9.17) is 21.4 Å². The molecule has 0 bridgehead atoms. The van der Waals surface area contributed by atoms with Crippen molar-refractivity contribution in [2.45, 2.75) is 12.8 Å². The van der Waals surface area contributed by atoms with E-state index in [1.165, 1.54) is 0 Å². The van der Waals surface area contributed by atoms with E-state index in [0.717, 1.165) is 19.4 Å². The molecule has 112 valence electrons. The topological polar surface area (TPSA) is 61.8 Å². The molecule has 0 saturated heterocycles. The van der Waals surface area contributed by atoms with Crippen LogP contribution in [-0.2, 0) is 4.79 Å². The molecular formula is C14H21ClN2O3. The Morgan fingerprint density at radius 3 is 2.85 bits per heavy atom. The monoisotopic (exact) mass is 300 g/mol. The van der Waals surface area contributed by atoms with E-state index in [9.17, 15) is 4.79 Å². The van der Waals surface area contributed by atoms with Crippen LogP contribution in [0.25, 0.3) is 0 Å². The summed E-state index contributed by atoms with van der Waals surface area (Å²) in [5, 5.41) is 12.0. The Morgan fingerprint density at radius 1 is 1.45 bits per heavy atom. The fraction of sp³-hybridized carbons (Fsp3) is 0.500. The largest absolute Gasteiger partial charge is 0.495 e. The molecular weight excluding hydrogens is 280 g/mol. The fourth-order valence-corrected chi connectivity index (χ4v) is 1.96. The average Bonchev–Trinajstić information content (AvgIpc) is 2.39. The predicted molar refractivity (Wildman–Crippen MR) is 80.5 cm³/mol. The van der Waals surface area contributed by atoms with E-state index >= 15 is 0 Å². The first-order chi connectivity index (χ1) is 9.56. The van der Waals surface area contributed by atoms with Gasteiger partial charge in [-0.1, -0.05) is 11.6 Å². The van der Waals surface area contributed by atoms with Crippen LogP contribution in [0, 0.1) is 0 Å². The lowest BCUT2D eigenvalue weighted by molar-refractivity contribution is -0.117. The summed E-state index contributed by atoms with van der Waals surface area (Å²) in [7, 11) is 3.41. The number of halogens is 1. The van der Waals surface area contributed by atoms with E-state index in [1.54, 1.807) is 25.3 Å². The van der Waals surface area contributed by atoms with Gasteiger partial charge in [-0.25, -0.2) is 0 Å². The standard InChI is InChI=1S/C14H21ClN2O3/c1-17(7-3-4-8-18)10-14(19)16-12-9-11(15)5-6-13(12)20-2/h5-6,9,18H,3-4,7-8,10H2,1-2H3,(H,16,19). The minimum atomic E-state index is -0.128. The molecule has 0 atom stereocenters. The van der Waals surface area contributed by atoms with Gasteiger partial charge in [-0.05, 0) is 44.6 Å². The Morgan fingerprint density at radius 2 is 2.20 bits per heavy atom. The highest BCUT2D eigenvalue weighted by atomic mass is 35.5. The minimum absolute atomic E-state index is 0.128. The van der Waals surface area contributed by atoms with Gasteiger partial charge in [0.1, 0.15) is 5.75 Å². The molecule has 0 saturated carbocycles. The van der Waals surface area contributed by atoms with Crippen molar-refractivity contribution in [2.24, 2.45) is 0 Å². The molecule has 0 fully saturated rings. The first-order valence-electron chi connectivity index (χ1n) is 6.49. The van der Waals surface area contributed by atoms with Crippen LogP contribution in [-0.4, -0.2) is 49.8 Å². The number of hydrogen-bond acceptors (Lipinski definition) is 4. The number of carbonyl (C=O) groups is 1. The summed E-state index contributed by atoms with van der Waals surface area (Å²) >= 11 is 5.91. The quantitative estimate of drug-likeness (QED) is 0.721. The minimum Gasteiger partial charge on any atom is -0.495 e. The first-order valence-corrected chi connectivity index (χ1v) is 6.87. The van der Waals surface area contributed by atoms with Gasteiger partial charge in [-0.15, -0.1) is 0 Å². The molecule has 20 heavy (non-hydrogen) atoms. The number of anilines is 1. The third-order valence-corrected chi connectivity index (χ3v) is 3.03. The maximum absolute atomic E-state index is 11.9. The van der Waals surface area contributed by atoms with Gasteiger partial charge in [-0.2, -0.15) is 0 Å². The van der Waals surface area contributed by atoms with E-state index in [-0.39, 0.29) is 19.1 Å². The van der Waals surface area contributed by atoms with Crippen molar-refractivity contribution >= 4 is 23.2 Å². The number of nitrogens with one attached hydrogen (secondary N) is 1. The van der Waals surface area contributed by atoms with Crippen LogP contribution in [0.1, 0.15) is 12.8 Å². The van der Waals surface area contributed by atoms with Gasteiger partial charge < -0.3 is 15.2 Å². The zero-order valence-electron chi connectivity index (χ0n) is 11.9. The number of unbranched alkanes of at least 4 members (excludes halogenated alkanes) is 1. The summed E-state index contributed by atoms with van der Waals surface area (Å²) in [4.78, 5) is 13.8. The molecule has 0 heterocycles. The number of benzene rings is 1. The summed E-state index contributed by atoms with van der Waals surface area (Å²) in [5.74, 6) is 0.447. The number of hydrogen-bond donors (Lipinski definition) is 2. The summed E-state index contributed by atoms with van der Waals surface area (Å²) < 4.78 is 5.17. The average molecular weight is 301 g/mol. The van der Waals surface area contributed by atoms with E-state index < -0.39 is 0 Å². The van der Waals surface area contributed by atoms with E-state index in [1.807, 2.05) is 11.9 Å². The number of nitrogens with zero attached hydrogens (tertiary/aromatic N) is 1. The molecule has 1 amide bonds. The van der Waals surface area contributed by atoms with Gasteiger partial charge in [-0.3, -0.25) is 9.69 Å². The SMILES string of the molecule is COc1ccc(Cl)cc1NC(=O)CN(C)CCCCO. The molecule has 0 aliphatic carbocycles. The zero-order chi connectivity index (χ0) is 15.0. The second-order valence-electron chi connectivity index (χ2n) is 4.56.